The van der Waals surface area contributed by atoms with Crippen molar-refractivity contribution >= 4 is 11.8 Å². The Hall–Kier alpha value is -1.73. The molecule has 20 heavy (non-hydrogen) atoms. The van der Waals surface area contributed by atoms with Crippen LogP contribution < -0.4 is 10.6 Å². The second-order valence-electron chi connectivity index (χ2n) is 4.97. The van der Waals surface area contributed by atoms with Crippen LogP contribution in [0.3, 0.4) is 0 Å². The van der Waals surface area contributed by atoms with Gasteiger partial charge in [0.15, 0.2) is 0 Å². The first kappa shape index (κ1) is 14.7. The molecule has 1 aromatic heterocycles. The van der Waals surface area contributed by atoms with Crippen molar-refractivity contribution in [3.8, 4) is 0 Å². The molecule has 7 heteroatoms. The molecule has 2 amide bonds. The molecule has 1 saturated carbocycles. The first-order valence-corrected chi connectivity index (χ1v) is 6.55. The topological polar surface area (TPSA) is 85.4 Å². The number of carbonyl (C=O) groups excluding carboxylic acids is 1. The Balaban J connectivity index is 1.92. The van der Waals surface area contributed by atoms with Gasteiger partial charge < -0.3 is 14.8 Å². The molecule has 1 heterocycles. The standard InChI is InChI=1S/C13H20N4O3/c1-19-7-10-6-11(15-9-14-10)16-12(18)17-13(8-20-2)4-3-5-13/h6,9H,3-5,7-8H2,1-2H3,(H2,14,15,16,17,18). The van der Waals surface area contributed by atoms with Crippen molar-refractivity contribution in [1.29, 1.82) is 0 Å². The van der Waals surface area contributed by atoms with Gasteiger partial charge in [-0.25, -0.2) is 14.8 Å². The van der Waals surface area contributed by atoms with E-state index < -0.39 is 0 Å². The Bertz CT molecular complexity index is 463. The van der Waals surface area contributed by atoms with Gasteiger partial charge in [0.05, 0.1) is 24.4 Å². The molecule has 0 saturated heterocycles. The summed E-state index contributed by atoms with van der Waals surface area (Å²) in [4.78, 5) is 20.0. The van der Waals surface area contributed by atoms with Gasteiger partial charge in [0.25, 0.3) is 0 Å². The van der Waals surface area contributed by atoms with Gasteiger partial charge in [-0.1, -0.05) is 0 Å². The fourth-order valence-corrected chi connectivity index (χ4v) is 2.27. The van der Waals surface area contributed by atoms with Crippen LogP contribution in [0.1, 0.15) is 25.0 Å². The first-order chi connectivity index (χ1) is 9.67. The number of hydrogen-bond donors (Lipinski definition) is 2. The Morgan fingerprint density at radius 1 is 1.35 bits per heavy atom. The van der Waals surface area contributed by atoms with Gasteiger partial charge in [-0.05, 0) is 19.3 Å². The maximum Gasteiger partial charge on any atom is 0.320 e. The van der Waals surface area contributed by atoms with Crippen molar-refractivity contribution in [3.63, 3.8) is 0 Å². The number of methoxy groups -OCH3 is 2. The second-order valence-corrected chi connectivity index (χ2v) is 4.97. The molecule has 0 atom stereocenters. The Morgan fingerprint density at radius 3 is 2.75 bits per heavy atom. The third-order valence-corrected chi connectivity index (χ3v) is 3.37. The van der Waals surface area contributed by atoms with Crippen molar-refractivity contribution in [3.05, 3.63) is 18.1 Å². The number of aromatic nitrogens is 2. The molecular formula is C13H20N4O3. The zero-order valence-electron chi connectivity index (χ0n) is 11.8. The zero-order chi connectivity index (χ0) is 14.4. The molecule has 0 aromatic carbocycles. The molecule has 0 radical (unpaired) electrons. The van der Waals surface area contributed by atoms with Crippen LogP contribution >= 0.6 is 0 Å². The van der Waals surface area contributed by atoms with Crippen LogP contribution in [0.4, 0.5) is 10.6 Å². The lowest BCUT2D eigenvalue weighted by Gasteiger charge is -2.41. The van der Waals surface area contributed by atoms with E-state index >= 15 is 0 Å². The molecule has 0 bridgehead atoms. The molecular weight excluding hydrogens is 260 g/mol. The molecule has 1 aromatic rings. The third-order valence-electron chi connectivity index (χ3n) is 3.37. The number of ether oxygens (including phenoxy) is 2. The largest absolute Gasteiger partial charge is 0.382 e. The monoisotopic (exact) mass is 280 g/mol. The number of urea groups is 1. The van der Waals surface area contributed by atoms with Crippen molar-refractivity contribution in [2.45, 2.75) is 31.4 Å². The summed E-state index contributed by atoms with van der Waals surface area (Å²) in [6, 6.07) is 1.41. The number of amides is 2. The summed E-state index contributed by atoms with van der Waals surface area (Å²) in [6.45, 7) is 0.908. The van der Waals surface area contributed by atoms with E-state index in [1.54, 1.807) is 20.3 Å². The quantitative estimate of drug-likeness (QED) is 0.820. The van der Waals surface area contributed by atoms with Crippen LogP contribution in [0.5, 0.6) is 0 Å². The molecule has 0 spiro atoms. The Labute approximate surface area is 118 Å². The predicted molar refractivity (Wildman–Crippen MR) is 73.4 cm³/mol. The van der Waals surface area contributed by atoms with Crippen molar-refractivity contribution < 1.29 is 14.3 Å². The van der Waals surface area contributed by atoms with Gasteiger partial charge in [0, 0.05) is 20.3 Å². The van der Waals surface area contributed by atoms with E-state index in [1.807, 2.05) is 0 Å². The average molecular weight is 280 g/mol. The van der Waals surface area contributed by atoms with E-state index in [-0.39, 0.29) is 11.6 Å². The molecule has 0 aliphatic heterocycles. The Morgan fingerprint density at radius 2 is 2.15 bits per heavy atom. The summed E-state index contributed by atoms with van der Waals surface area (Å²) in [5, 5.41) is 5.67. The number of nitrogens with one attached hydrogen (secondary N) is 2. The van der Waals surface area contributed by atoms with Gasteiger partial charge in [-0.15, -0.1) is 0 Å². The molecule has 2 rings (SSSR count). The van der Waals surface area contributed by atoms with Gasteiger partial charge in [0.2, 0.25) is 0 Å². The SMILES string of the molecule is COCc1cc(NC(=O)NC2(COC)CCC2)ncn1. The highest BCUT2D eigenvalue weighted by atomic mass is 16.5. The van der Waals surface area contributed by atoms with Crippen LogP contribution in [0, 0.1) is 0 Å². The van der Waals surface area contributed by atoms with Gasteiger partial charge in [-0.2, -0.15) is 0 Å². The molecule has 1 fully saturated rings. The van der Waals surface area contributed by atoms with E-state index in [0.29, 0.717) is 24.7 Å². The number of anilines is 1. The molecule has 110 valence electrons. The van der Waals surface area contributed by atoms with E-state index in [2.05, 4.69) is 20.6 Å². The van der Waals surface area contributed by atoms with Crippen LogP contribution in [0.25, 0.3) is 0 Å². The predicted octanol–water partition coefficient (Wildman–Crippen LogP) is 1.31. The van der Waals surface area contributed by atoms with Crippen LogP contribution in [-0.2, 0) is 16.1 Å². The summed E-state index contributed by atoms with van der Waals surface area (Å²) < 4.78 is 10.2. The summed E-state index contributed by atoms with van der Waals surface area (Å²) in [7, 11) is 3.23. The van der Waals surface area contributed by atoms with Crippen LogP contribution in [0.2, 0.25) is 0 Å². The summed E-state index contributed by atoms with van der Waals surface area (Å²) in [6.07, 6.45) is 4.38. The van der Waals surface area contributed by atoms with Gasteiger partial charge in [0.1, 0.15) is 12.1 Å². The molecule has 1 aliphatic rings. The van der Waals surface area contributed by atoms with E-state index in [4.69, 9.17) is 9.47 Å². The van der Waals surface area contributed by atoms with Crippen molar-refractivity contribution in [2.24, 2.45) is 0 Å². The number of carbonyl (C=O) groups is 1. The lowest BCUT2D eigenvalue weighted by atomic mass is 9.77. The molecule has 2 N–H and O–H groups in total. The molecule has 7 nitrogen and oxygen atoms in total. The zero-order valence-corrected chi connectivity index (χ0v) is 11.8. The summed E-state index contributed by atoms with van der Waals surface area (Å²) >= 11 is 0. The van der Waals surface area contributed by atoms with Gasteiger partial charge >= 0.3 is 6.03 Å². The van der Waals surface area contributed by atoms with E-state index in [9.17, 15) is 4.79 Å². The number of hydrogen-bond acceptors (Lipinski definition) is 5. The van der Waals surface area contributed by atoms with Crippen molar-refractivity contribution in [1.82, 2.24) is 15.3 Å². The minimum Gasteiger partial charge on any atom is -0.382 e. The lowest BCUT2D eigenvalue weighted by Crippen LogP contribution is -2.57. The number of rotatable bonds is 6. The average Bonchev–Trinajstić information content (AvgIpc) is 2.37. The maximum absolute atomic E-state index is 12.0. The molecule has 1 aliphatic carbocycles. The van der Waals surface area contributed by atoms with E-state index in [0.717, 1.165) is 19.3 Å². The third kappa shape index (κ3) is 3.64. The first-order valence-electron chi connectivity index (χ1n) is 6.55. The van der Waals surface area contributed by atoms with E-state index in [1.165, 1.54) is 6.33 Å². The highest BCUT2D eigenvalue weighted by Crippen LogP contribution is 2.31. The summed E-state index contributed by atoms with van der Waals surface area (Å²) in [5.41, 5.74) is 0.481. The highest BCUT2D eigenvalue weighted by Gasteiger charge is 2.38. The normalized spacial score (nSPS) is 16.3. The second kappa shape index (κ2) is 6.62. The summed E-state index contributed by atoms with van der Waals surface area (Å²) in [5.74, 6) is 0.455. The number of nitrogens with zero attached hydrogens (tertiary/aromatic N) is 2. The van der Waals surface area contributed by atoms with Crippen molar-refractivity contribution in [2.75, 3.05) is 26.1 Å². The van der Waals surface area contributed by atoms with Gasteiger partial charge in [-0.3, -0.25) is 5.32 Å². The molecule has 0 unspecified atom stereocenters. The smallest absolute Gasteiger partial charge is 0.320 e. The fraction of sp³-hybridized carbons (Fsp3) is 0.615. The highest BCUT2D eigenvalue weighted by molar-refractivity contribution is 5.88. The van der Waals surface area contributed by atoms with Crippen LogP contribution in [0.15, 0.2) is 12.4 Å². The lowest BCUT2D eigenvalue weighted by molar-refractivity contribution is 0.0648. The maximum atomic E-state index is 12.0. The fourth-order valence-electron chi connectivity index (χ4n) is 2.27. The van der Waals surface area contributed by atoms with Crippen LogP contribution in [-0.4, -0.2) is 42.4 Å². The Kier molecular flexibility index (Phi) is 4.86. The minimum absolute atomic E-state index is 0.235. The minimum atomic E-state index is -0.274.